The van der Waals surface area contributed by atoms with Crippen molar-refractivity contribution in [2.45, 2.75) is 38.5 Å². The summed E-state index contributed by atoms with van der Waals surface area (Å²) in [4.78, 5) is 28.1. The Labute approximate surface area is 239 Å². The molecule has 1 aromatic carbocycles. The SMILES string of the molecule is CN(C)Cc1c(-c2cccnc2)ccc2c(CCC3CCN(CC4OCCO4)CC3)noc12.O=C(O)C=CC(=O)O. The number of benzene rings is 1. The topological polar surface area (TPSA) is 138 Å². The first-order valence-electron chi connectivity index (χ1n) is 13.8. The number of ether oxygens (including phenoxy) is 2. The molecule has 0 radical (unpaired) electrons. The average Bonchev–Trinajstić information content (AvgIpc) is 3.62. The first kappa shape index (κ1) is 30.3. The molecule has 0 atom stereocenters. The summed E-state index contributed by atoms with van der Waals surface area (Å²) in [7, 11) is 4.17. The van der Waals surface area contributed by atoms with Gasteiger partial charge in [0.1, 0.15) is 0 Å². The molecular formula is C30H38N4O7. The number of nitrogens with zero attached hydrogens (tertiary/aromatic N) is 4. The van der Waals surface area contributed by atoms with Crippen LogP contribution in [0.4, 0.5) is 0 Å². The van der Waals surface area contributed by atoms with E-state index in [9.17, 15) is 9.59 Å². The molecule has 0 aliphatic carbocycles. The van der Waals surface area contributed by atoms with Crippen molar-refractivity contribution in [3.8, 4) is 11.1 Å². The summed E-state index contributed by atoms with van der Waals surface area (Å²) in [6, 6.07) is 8.45. The van der Waals surface area contributed by atoms with Gasteiger partial charge in [-0.25, -0.2) is 9.59 Å². The minimum absolute atomic E-state index is 0.0315. The van der Waals surface area contributed by atoms with Gasteiger partial charge in [-0.15, -0.1) is 0 Å². The number of fused-ring (bicyclic) bond motifs is 1. The Balaban J connectivity index is 0.000000426. The van der Waals surface area contributed by atoms with Crippen LogP contribution in [0.2, 0.25) is 0 Å². The number of carbonyl (C=O) groups is 2. The standard InChI is InChI=1S/C26H34N4O3.C4H4O4/c1-29(2)17-23-21(20-4-3-11-27-16-20)6-7-22-24(28-33-26(22)23)8-5-19-9-12-30(13-10-19)18-25-31-14-15-32-25;5-3(6)1-2-4(7)8/h3-4,6-7,11,16,19,25H,5,8-10,12-15,17-18H2,1-2H3;1-2H,(H,5,6)(H,7,8). The van der Waals surface area contributed by atoms with Crippen LogP contribution in [0.3, 0.4) is 0 Å². The molecule has 5 rings (SSSR count). The molecule has 2 fully saturated rings. The zero-order chi connectivity index (χ0) is 29.2. The number of aromatic nitrogens is 2. The van der Waals surface area contributed by atoms with E-state index in [1.165, 1.54) is 18.4 Å². The lowest BCUT2D eigenvalue weighted by molar-refractivity contribution is -0.134. The summed E-state index contributed by atoms with van der Waals surface area (Å²) < 4.78 is 17.1. The van der Waals surface area contributed by atoms with Crippen LogP contribution < -0.4 is 0 Å². The Hall–Kier alpha value is -3.64. The molecule has 2 aromatic heterocycles. The highest BCUT2D eigenvalue weighted by Gasteiger charge is 2.25. The van der Waals surface area contributed by atoms with Crippen LogP contribution in [0.15, 0.2) is 53.3 Å². The second kappa shape index (κ2) is 14.8. The molecule has 41 heavy (non-hydrogen) atoms. The van der Waals surface area contributed by atoms with E-state index >= 15 is 0 Å². The van der Waals surface area contributed by atoms with Crippen LogP contribution in [0.5, 0.6) is 0 Å². The molecule has 4 heterocycles. The highest BCUT2D eigenvalue weighted by Crippen LogP contribution is 2.33. The van der Waals surface area contributed by atoms with Gasteiger partial charge in [0.25, 0.3) is 0 Å². The molecule has 0 amide bonds. The molecule has 2 N–H and O–H groups in total. The van der Waals surface area contributed by atoms with Crippen molar-refractivity contribution >= 4 is 22.9 Å². The van der Waals surface area contributed by atoms with Gasteiger partial charge in [0, 0.05) is 54.1 Å². The molecule has 2 aliphatic rings. The summed E-state index contributed by atoms with van der Waals surface area (Å²) in [5.41, 5.74) is 5.43. The van der Waals surface area contributed by atoms with E-state index in [4.69, 9.17) is 24.2 Å². The van der Waals surface area contributed by atoms with Crippen molar-refractivity contribution in [2.24, 2.45) is 5.92 Å². The summed E-state index contributed by atoms with van der Waals surface area (Å²) in [6.07, 6.45) is 9.36. The Morgan fingerprint density at radius 3 is 2.39 bits per heavy atom. The summed E-state index contributed by atoms with van der Waals surface area (Å²) in [5, 5.41) is 21.3. The predicted octanol–water partition coefficient (Wildman–Crippen LogP) is 3.68. The maximum absolute atomic E-state index is 9.55. The van der Waals surface area contributed by atoms with E-state index in [1.807, 2.05) is 12.3 Å². The van der Waals surface area contributed by atoms with Gasteiger partial charge in [-0.2, -0.15) is 0 Å². The van der Waals surface area contributed by atoms with Crippen LogP contribution in [-0.2, 0) is 32.0 Å². The predicted molar refractivity (Wildman–Crippen MR) is 152 cm³/mol. The second-order valence-corrected chi connectivity index (χ2v) is 10.5. The molecular weight excluding hydrogens is 528 g/mol. The normalized spacial score (nSPS) is 16.9. The molecule has 0 bridgehead atoms. The summed E-state index contributed by atoms with van der Waals surface area (Å²) in [6.45, 7) is 5.39. The number of hydrogen-bond acceptors (Lipinski definition) is 9. The fraction of sp³-hybridized carbons (Fsp3) is 0.467. The number of aliphatic carboxylic acids is 2. The smallest absolute Gasteiger partial charge is 0.328 e. The van der Waals surface area contributed by atoms with Gasteiger partial charge in [0.05, 0.1) is 18.9 Å². The number of pyridine rings is 1. The molecule has 11 heteroatoms. The quantitative estimate of drug-likeness (QED) is 0.348. The van der Waals surface area contributed by atoms with Gasteiger partial charge in [0.2, 0.25) is 0 Å². The molecule has 3 aromatic rings. The highest BCUT2D eigenvalue weighted by atomic mass is 16.7. The molecule has 0 spiro atoms. The van der Waals surface area contributed by atoms with Gasteiger partial charge < -0.3 is 29.1 Å². The van der Waals surface area contributed by atoms with E-state index < -0.39 is 11.9 Å². The van der Waals surface area contributed by atoms with E-state index in [0.717, 1.165) is 85.9 Å². The lowest BCUT2D eigenvalue weighted by Crippen LogP contribution is -2.39. The monoisotopic (exact) mass is 566 g/mol. The van der Waals surface area contributed by atoms with Crippen LogP contribution >= 0.6 is 0 Å². The molecule has 2 saturated heterocycles. The molecule has 0 saturated carbocycles. The third-order valence-corrected chi connectivity index (χ3v) is 7.23. The highest BCUT2D eigenvalue weighted by molar-refractivity contribution is 5.90. The maximum atomic E-state index is 9.55. The van der Waals surface area contributed by atoms with Crippen molar-refractivity contribution < 1.29 is 33.8 Å². The van der Waals surface area contributed by atoms with Gasteiger partial charge >= 0.3 is 11.9 Å². The van der Waals surface area contributed by atoms with Gasteiger partial charge in [-0.3, -0.25) is 9.88 Å². The number of hydrogen-bond donors (Lipinski definition) is 2. The van der Waals surface area contributed by atoms with Gasteiger partial charge in [-0.1, -0.05) is 17.3 Å². The Morgan fingerprint density at radius 1 is 1.07 bits per heavy atom. The summed E-state index contributed by atoms with van der Waals surface area (Å²) >= 11 is 0. The Bertz CT molecular complexity index is 1300. The zero-order valence-corrected chi connectivity index (χ0v) is 23.6. The largest absolute Gasteiger partial charge is 0.478 e. The third kappa shape index (κ3) is 8.92. The Morgan fingerprint density at radius 2 is 1.78 bits per heavy atom. The van der Waals surface area contributed by atoms with Crippen LogP contribution in [0, 0.1) is 5.92 Å². The molecule has 2 aliphatic heterocycles. The van der Waals surface area contributed by atoms with Crippen LogP contribution in [0.1, 0.15) is 30.5 Å². The summed E-state index contributed by atoms with van der Waals surface area (Å²) in [5.74, 6) is -1.78. The van der Waals surface area contributed by atoms with E-state index in [1.54, 1.807) is 6.20 Å². The van der Waals surface area contributed by atoms with Gasteiger partial charge in [-0.05, 0) is 76.5 Å². The van der Waals surface area contributed by atoms with E-state index in [2.05, 4.69) is 52.2 Å². The lowest BCUT2D eigenvalue weighted by Gasteiger charge is -2.32. The van der Waals surface area contributed by atoms with Crippen molar-refractivity contribution in [2.75, 3.05) is 46.9 Å². The zero-order valence-electron chi connectivity index (χ0n) is 23.6. The molecule has 0 unspecified atom stereocenters. The number of piperidine rings is 1. The number of aryl methyl sites for hydroxylation is 1. The molecule has 220 valence electrons. The second-order valence-electron chi connectivity index (χ2n) is 10.5. The fourth-order valence-electron chi connectivity index (χ4n) is 5.22. The first-order chi connectivity index (χ1) is 19.8. The first-order valence-corrected chi connectivity index (χ1v) is 13.8. The average molecular weight is 567 g/mol. The number of likely N-dealkylation sites (tertiary alicyclic amines) is 1. The fourth-order valence-corrected chi connectivity index (χ4v) is 5.22. The van der Waals surface area contributed by atoms with Crippen LogP contribution in [-0.4, -0.2) is 95.3 Å². The number of carboxylic acid groups (broad SMARTS) is 2. The van der Waals surface area contributed by atoms with E-state index in [0.29, 0.717) is 12.2 Å². The minimum Gasteiger partial charge on any atom is -0.478 e. The van der Waals surface area contributed by atoms with Crippen molar-refractivity contribution in [3.63, 3.8) is 0 Å². The van der Waals surface area contributed by atoms with Crippen molar-refractivity contribution in [3.05, 3.63) is 60.1 Å². The lowest BCUT2D eigenvalue weighted by atomic mass is 9.90. The number of carboxylic acids is 2. The Kier molecular flexibility index (Phi) is 11.0. The number of rotatable bonds is 10. The molecule has 11 nitrogen and oxygen atoms in total. The van der Waals surface area contributed by atoms with Crippen molar-refractivity contribution in [1.82, 2.24) is 19.9 Å². The van der Waals surface area contributed by atoms with Crippen LogP contribution in [0.25, 0.3) is 22.1 Å². The third-order valence-electron chi connectivity index (χ3n) is 7.23. The van der Waals surface area contributed by atoms with E-state index in [-0.39, 0.29) is 6.29 Å². The minimum atomic E-state index is -1.26. The maximum Gasteiger partial charge on any atom is 0.328 e. The van der Waals surface area contributed by atoms with Gasteiger partial charge in [0.15, 0.2) is 11.9 Å². The van der Waals surface area contributed by atoms with Crippen molar-refractivity contribution in [1.29, 1.82) is 0 Å².